The molecule has 5 nitrogen and oxygen atoms in total. The molecule has 124 valence electrons. The molecule has 0 bridgehead atoms. The van der Waals surface area contributed by atoms with Gasteiger partial charge in [0.1, 0.15) is 0 Å². The zero-order chi connectivity index (χ0) is 16.9. The monoisotopic (exact) mass is 323 g/mol. The molecule has 1 heterocycles. The van der Waals surface area contributed by atoms with Gasteiger partial charge < -0.3 is 15.5 Å². The fourth-order valence-corrected chi connectivity index (χ4v) is 2.92. The van der Waals surface area contributed by atoms with Gasteiger partial charge in [0.15, 0.2) is 0 Å². The van der Waals surface area contributed by atoms with E-state index in [1.165, 1.54) is 11.3 Å². The lowest BCUT2D eigenvalue weighted by atomic mass is 10.0. The second-order valence-corrected chi connectivity index (χ2v) is 5.97. The van der Waals surface area contributed by atoms with E-state index in [1.807, 2.05) is 24.3 Å². The van der Waals surface area contributed by atoms with Crippen molar-refractivity contribution in [2.24, 2.45) is 0 Å². The smallest absolute Gasteiger partial charge is 0.251 e. The van der Waals surface area contributed by atoms with Crippen LogP contribution in [0, 0.1) is 0 Å². The fraction of sp³-hybridized carbons (Fsp3) is 0.263. The number of amides is 2. The minimum atomic E-state index is -0.252. The van der Waals surface area contributed by atoms with Gasteiger partial charge in [-0.1, -0.05) is 18.2 Å². The van der Waals surface area contributed by atoms with Gasteiger partial charge in [-0.3, -0.25) is 9.59 Å². The van der Waals surface area contributed by atoms with Crippen molar-refractivity contribution in [3.8, 4) is 0 Å². The Morgan fingerprint density at radius 3 is 2.71 bits per heavy atom. The molecule has 0 aliphatic carbocycles. The van der Waals surface area contributed by atoms with Crippen LogP contribution in [0.2, 0.25) is 0 Å². The number of rotatable bonds is 4. The first kappa shape index (κ1) is 16.1. The number of benzene rings is 2. The van der Waals surface area contributed by atoms with Gasteiger partial charge in [-0.15, -0.1) is 0 Å². The average molecular weight is 323 g/mol. The van der Waals surface area contributed by atoms with E-state index in [0.29, 0.717) is 5.56 Å². The lowest BCUT2D eigenvalue weighted by Crippen LogP contribution is -2.33. The van der Waals surface area contributed by atoms with Crippen molar-refractivity contribution < 1.29 is 9.59 Å². The molecule has 0 fully saturated rings. The summed E-state index contributed by atoms with van der Waals surface area (Å²) in [5.74, 6) is -0.485. The molecule has 0 spiro atoms. The van der Waals surface area contributed by atoms with Gasteiger partial charge in [-0.2, -0.15) is 0 Å². The van der Waals surface area contributed by atoms with Crippen molar-refractivity contribution in [3.63, 3.8) is 0 Å². The number of anilines is 2. The standard InChI is InChI=1S/C19H21N3O2/c1-22-11-5-8-15-12-16(9-10-17(15)22)21-18(23)13-20-19(24)14-6-3-2-4-7-14/h2-4,6-7,9-10,12H,5,8,11,13H2,1H3,(H,20,24)(H,21,23). The molecular weight excluding hydrogens is 302 g/mol. The number of hydrogen-bond acceptors (Lipinski definition) is 3. The number of nitrogens with zero attached hydrogens (tertiary/aromatic N) is 1. The molecule has 0 atom stereocenters. The molecule has 1 aliphatic heterocycles. The van der Waals surface area contributed by atoms with Crippen LogP contribution in [0.25, 0.3) is 0 Å². The third-order valence-electron chi connectivity index (χ3n) is 4.16. The Morgan fingerprint density at radius 1 is 1.12 bits per heavy atom. The van der Waals surface area contributed by atoms with E-state index in [2.05, 4.69) is 22.6 Å². The van der Waals surface area contributed by atoms with E-state index in [0.717, 1.165) is 25.1 Å². The Labute approximate surface area is 141 Å². The Morgan fingerprint density at radius 2 is 1.92 bits per heavy atom. The second-order valence-electron chi connectivity index (χ2n) is 5.97. The van der Waals surface area contributed by atoms with Crippen LogP contribution in [0.4, 0.5) is 11.4 Å². The predicted molar refractivity (Wildman–Crippen MR) is 95.4 cm³/mol. The highest BCUT2D eigenvalue weighted by Crippen LogP contribution is 2.28. The van der Waals surface area contributed by atoms with E-state index in [4.69, 9.17) is 0 Å². The van der Waals surface area contributed by atoms with Crippen LogP contribution in [-0.4, -0.2) is 32.0 Å². The van der Waals surface area contributed by atoms with Crippen LogP contribution < -0.4 is 15.5 Å². The van der Waals surface area contributed by atoms with Gasteiger partial charge in [-0.05, 0) is 48.7 Å². The highest BCUT2D eigenvalue weighted by molar-refractivity contribution is 5.99. The number of carbonyl (C=O) groups is 2. The molecule has 0 saturated heterocycles. The van der Waals surface area contributed by atoms with Gasteiger partial charge in [0.25, 0.3) is 5.91 Å². The van der Waals surface area contributed by atoms with Crippen LogP contribution >= 0.6 is 0 Å². The Kier molecular flexibility index (Phi) is 4.79. The third-order valence-corrected chi connectivity index (χ3v) is 4.16. The SMILES string of the molecule is CN1CCCc2cc(NC(=O)CNC(=O)c3ccccc3)ccc21. The minimum absolute atomic E-state index is 0.0509. The largest absolute Gasteiger partial charge is 0.374 e. The quantitative estimate of drug-likeness (QED) is 0.908. The minimum Gasteiger partial charge on any atom is -0.374 e. The van der Waals surface area contributed by atoms with Gasteiger partial charge in [0.2, 0.25) is 5.91 Å². The number of carbonyl (C=O) groups excluding carboxylic acids is 2. The Balaban J connectivity index is 1.56. The van der Waals surface area contributed by atoms with Gasteiger partial charge >= 0.3 is 0 Å². The summed E-state index contributed by atoms with van der Waals surface area (Å²) >= 11 is 0. The lowest BCUT2D eigenvalue weighted by molar-refractivity contribution is -0.115. The molecule has 0 unspecified atom stereocenters. The molecule has 2 aromatic rings. The van der Waals surface area contributed by atoms with Gasteiger partial charge in [0, 0.05) is 30.5 Å². The molecule has 5 heteroatoms. The maximum absolute atomic E-state index is 12.0. The van der Waals surface area contributed by atoms with E-state index in [-0.39, 0.29) is 18.4 Å². The molecule has 2 N–H and O–H groups in total. The van der Waals surface area contributed by atoms with Crippen molar-refractivity contribution in [1.82, 2.24) is 5.32 Å². The molecule has 0 aromatic heterocycles. The lowest BCUT2D eigenvalue weighted by Gasteiger charge is -2.27. The maximum atomic E-state index is 12.0. The Hall–Kier alpha value is -2.82. The van der Waals surface area contributed by atoms with Crippen LogP contribution in [0.3, 0.4) is 0 Å². The molecule has 3 rings (SSSR count). The van der Waals surface area contributed by atoms with Crippen molar-refractivity contribution in [2.75, 3.05) is 30.4 Å². The normalized spacial score (nSPS) is 13.1. The summed E-state index contributed by atoms with van der Waals surface area (Å²) in [6.07, 6.45) is 2.14. The molecule has 2 amide bonds. The highest BCUT2D eigenvalue weighted by Gasteiger charge is 2.14. The van der Waals surface area contributed by atoms with E-state index >= 15 is 0 Å². The molecular formula is C19H21N3O2. The molecule has 0 radical (unpaired) electrons. The van der Waals surface area contributed by atoms with Crippen LogP contribution in [0.5, 0.6) is 0 Å². The van der Waals surface area contributed by atoms with E-state index in [1.54, 1.807) is 24.3 Å². The second kappa shape index (κ2) is 7.17. The summed E-state index contributed by atoms with van der Waals surface area (Å²) in [6, 6.07) is 14.8. The summed E-state index contributed by atoms with van der Waals surface area (Å²) in [5, 5.41) is 5.47. The van der Waals surface area contributed by atoms with E-state index in [9.17, 15) is 9.59 Å². The summed E-state index contributed by atoms with van der Waals surface area (Å²) < 4.78 is 0. The first-order valence-electron chi connectivity index (χ1n) is 8.10. The summed E-state index contributed by atoms with van der Waals surface area (Å²) in [7, 11) is 2.08. The number of nitrogens with one attached hydrogen (secondary N) is 2. The van der Waals surface area contributed by atoms with Crippen molar-refractivity contribution >= 4 is 23.2 Å². The molecule has 0 saturated carbocycles. The predicted octanol–water partition coefficient (Wildman–Crippen LogP) is 2.44. The van der Waals surface area contributed by atoms with Crippen molar-refractivity contribution in [1.29, 1.82) is 0 Å². The zero-order valence-corrected chi connectivity index (χ0v) is 13.7. The van der Waals surface area contributed by atoms with E-state index < -0.39 is 0 Å². The average Bonchev–Trinajstić information content (AvgIpc) is 2.60. The first-order chi connectivity index (χ1) is 11.6. The maximum Gasteiger partial charge on any atom is 0.251 e. The fourth-order valence-electron chi connectivity index (χ4n) is 2.92. The summed E-state index contributed by atoms with van der Waals surface area (Å²) in [4.78, 5) is 26.2. The number of hydrogen-bond donors (Lipinski definition) is 2. The summed E-state index contributed by atoms with van der Waals surface area (Å²) in [6.45, 7) is 1.01. The number of aryl methyl sites for hydroxylation is 1. The number of fused-ring (bicyclic) bond motifs is 1. The van der Waals surface area contributed by atoms with Crippen LogP contribution in [0.1, 0.15) is 22.3 Å². The topological polar surface area (TPSA) is 61.4 Å². The van der Waals surface area contributed by atoms with Crippen molar-refractivity contribution in [3.05, 3.63) is 59.7 Å². The Bertz CT molecular complexity index is 744. The van der Waals surface area contributed by atoms with Crippen molar-refractivity contribution in [2.45, 2.75) is 12.8 Å². The molecule has 24 heavy (non-hydrogen) atoms. The van der Waals surface area contributed by atoms with Gasteiger partial charge in [-0.25, -0.2) is 0 Å². The first-order valence-corrected chi connectivity index (χ1v) is 8.10. The van der Waals surface area contributed by atoms with Gasteiger partial charge in [0.05, 0.1) is 6.54 Å². The summed E-state index contributed by atoms with van der Waals surface area (Å²) in [5.41, 5.74) is 3.77. The van der Waals surface area contributed by atoms with Crippen LogP contribution in [-0.2, 0) is 11.2 Å². The third kappa shape index (κ3) is 3.74. The highest BCUT2D eigenvalue weighted by atomic mass is 16.2. The molecule has 2 aromatic carbocycles. The van der Waals surface area contributed by atoms with Crippen LogP contribution in [0.15, 0.2) is 48.5 Å². The molecule has 1 aliphatic rings. The zero-order valence-electron chi connectivity index (χ0n) is 13.7.